The largest absolute Gasteiger partial charge is 0.481 e. The molecule has 0 bridgehead atoms. The Bertz CT molecular complexity index is 460. The normalized spacial score (nSPS) is 19.0. The number of carbonyl (C=O) groups excluding carboxylic acids is 2. The summed E-state index contributed by atoms with van der Waals surface area (Å²) in [6, 6.07) is -0.996. The predicted molar refractivity (Wildman–Crippen MR) is 71.4 cm³/mol. The number of amides is 2. The molecular formula is C13H20N2O6. The standard InChI is InChI=1S/C13H20N2O6/c1-13(2,12(20)21)7-14-9(16)10(17)15-6-4-3-5-8(15)11(18)19/h8H,3-7H2,1-2H3,(H,14,16)(H,18,19)(H,20,21)/t8-/m0/s1. The molecule has 21 heavy (non-hydrogen) atoms. The van der Waals surface area contributed by atoms with Crippen LogP contribution < -0.4 is 5.32 Å². The van der Waals surface area contributed by atoms with E-state index >= 15 is 0 Å². The Morgan fingerprint density at radius 3 is 2.33 bits per heavy atom. The quantitative estimate of drug-likeness (QED) is 0.611. The van der Waals surface area contributed by atoms with E-state index in [2.05, 4.69) is 5.32 Å². The van der Waals surface area contributed by atoms with Crippen molar-refractivity contribution >= 4 is 23.8 Å². The Labute approximate surface area is 122 Å². The summed E-state index contributed by atoms with van der Waals surface area (Å²) < 4.78 is 0. The second-order valence-corrected chi connectivity index (χ2v) is 5.72. The number of piperidine rings is 1. The number of carboxylic acids is 2. The van der Waals surface area contributed by atoms with Crippen LogP contribution in [0.25, 0.3) is 0 Å². The minimum Gasteiger partial charge on any atom is -0.481 e. The Balaban J connectivity index is 2.67. The highest BCUT2D eigenvalue weighted by atomic mass is 16.4. The Kier molecular flexibility index (Phi) is 5.28. The van der Waals surface area contributed by atoms with Gasteiger partial charge in [0, 0.05) is 13.1 Å². The molecule has 0 radical (unpaired) electrons. The van der Waals surface area contributed by atoms with E-state index in [1.54, 1.807) is 0 Å². The van der Waals surface area contributed by atoms with Gasteiger partial charge in [-0.3, -0.25) is 14.4 Å². The number of nitrogens with zero attached hydrogens (tertiary/aromatic N) is 1. The van der Waals surface area contributed by atoms with Crippen LogP contribution in [-0.4, -0.2) is 58.0 Å². The van der Waals surface area contributed by atoms with Crippen LogP contribution in [-0.2, 0) is 19.2 Å². The fourth-order valence-electron chi connectivity index (χ4n) is 2.01. The predicted octanol–water partition coefficient (Wildman–Crippen LogP) is -0.321. The Morgan fingerprint density at radius 1 is 1.19 bits per heavy atom. The maximum absolute atomic E-state index is 12.0. The molecular weight excluding hydrogens is 280 g/mol. The van der Waals surface area contributed by atoms with Gasteiger partial charge in [0.25, 0.3) is 0 Å². The van der Waals surface area contributed by atoms with Crippen molar-refractivity contribution in [2.75, 3.05) is 13.1 Å². The second kappa shape index (κ2) is 6.55. The van der Waals surface area contributed by atoms with Crippen LogP contribution in [0.3, 0.4) is 0 Å². The number of hydrogen-bond donors (Lipinski definition) is 3. The van der Waals surface area contributed by atoms with Gasteiger partial charge in [0.2, 0.25) is 0 Å². The van der Waals surface area contributed by atoms with Crippen LogP contribution >= 0.6 is 0 Å². The number of hydrogen-bond acceptors (Lipinski definition) is 4. The molecule has 0 aromatic heterocycles. The minimum atomic E-state index is -1.20. The first-order chi connectivity index (χ1) is 9.66. The molecule has 0 aliphatic carbocycles. The molecule has 1 fully saturated rings. The maximum atomic E-state index is 12.0. The number of nitrogens with one attached hydrogen (secondary N) is 1. The molecule has 1 heterocycles. The fraction of sp³-hybridized carbons (Fsp3) is 0.692. The molecule has 0 aromatic rings. The lowest BCUT2D eigenvalue weighted by Gasteiger charge is -2.32. The Morgan fingerprint density at radius 2 is 1.81 bits per heavy atom. The van der Waals surface area contributed by atoms with Gasteiger partial charge < -0.3 is 20.4 Å². The lowest BCUT2D eigenvalue weighted by atomic mass is 9.94. The van der Waals surface area contributed by atoms with Crippen molar-refractivity contribution in [1.82, 2.24) is 10.2 Å². The summed E-state index contributed by atoms with van der Waals surface area (Å²) in [4.78, 5) is 46.8. The maximum Gasteiger partial charge on any atom is 0.326 e. The number of carbonyl (C=O) groups is 4. The van der Waals surface area contributed by atoms with Gasteiger partial charge in [-0.15, -0.1) is 0 Å². The zero-order valence-electron chi connectivity index (χ0n) is 12.1. The summed E-state index contributed by atoms with van der Waals surface area (Å²) in [5.74, 6) is -4.14. The smallest absolute Gasteiger partial charge is 0.326 e. The number of likely N-dealkylation sites (tertiary alicyclic amines) is 1. The summed E-state index contributed by atoms with van der Waals surface area (Å²) >= 11 is 0. The van der Waals surface area contributed by atoms with Crippen LogP contribution in [0.5, 0.6) is 0 Å². The van der Waals surface area contributed by atoms with Gasteiger partial charge >= 0.3 is 23.8 Å². The molecule has 2 amide bonds. The molecule has 8 nitrogen and oxygen atoms in total. The van der Waals surface area contributed by atoms with Gasteiger partial charge in [-0.1, -0.05) is 0 Å². The first-order valence-electron chi connectivity index (χ1n) is 6.72. The second-order valence-electron chi connectivity index (χ2n) is 5.72. The van der Waals surface area contributed by atoms with E-state index in [9.17, 15) is 19.2 Å². The van der Waals surface area contributed by atoms with Gasteiger partial charge in [-0.2, -0.15) is 0 Å². The van der Waals surface area contributed by atoms with E-state index in [0.29, 0.717) is 19.3 Å². The summed E-state index contributed by atoms with van der Waals surface area (Å²) in [5, 5.41) is 20.3. The fourth-order valence-corrected chi connectivity index (χ4v) is 2.01. The van der Waals surface area contributed by atoms with Gasteiger partial charge in [0.05, 0.1) is 5.41 Å². The zero-order chi connectivity index (χ0) is 16.2. The van der Waals surface area contributed by atoms with Crippen LogP contribution in [0.15, 0.2) is 0 Å². The highest BCUT2D eigenvalue weighted by Gasteiger charge is 2.36. The van der Waals surface area contributed by atoms with Crippen molar-refractivity contribution in [1.29, 1.82) is 0 Å². The van der Waals surface area contributed by atoms with Crippen molar-refractivity contribution in [3.8, 4) is 0 Å². The molecule has 0 spiro atoms. The molecule has 0 unspecified atom stereocenters. The highest BCUT2D eigenvalue weighted by molar-refractivity contribution is 6.35. The van der Waals surface area contributed by atoms with E-state index in [1.165, 1.54) is 13.8 Å². The summed E-state index contributed by atoms with van der Waals surface area (Å²) in [5.41, 5.74) is -1.20. The number of carboxylic acid groups (broad SMARTS) is 2. The monoisotopic (exact) mass is 300 g/mol. The average Bonchev–Trinajstić information content (AvgIpc) is 2.43. The third-order valence-electron chi connectivity index (χ3n) is 3.51. The molecule has 118 valence electrons. The van der Waals surface area contributed by atoms with E-state index in [1.807, 2.05) is 0 Å². The van der Waals surface area contributed by atoms with Crippen LogP contribution in [0.1, 0.15) is 33.1 Å². The number of rotatable bonds is 4. The minimum absolute atomic E-state index is 0.210. The number of aliphatic carboxylic acids is 2. The van der Waals surface area contributed by atoms with Crippen LogP contribution in [0.4, 0.5) is 0 Å². The van der Waals surface area contributed by atoms with E-state index < -0.39 is 35.2 Å². The van der Waals surface area contributed by atoms with Gasteiger partial charge in [-0.25, -0.2) is 4.79 Å². The molecule has 1 rings (SSSR count). The van der Waals surface area contributed by atoms with Crippen molar-refractivity contribution in [3.05, 3.63) is 0 Å². The highest BCUT2D eigenvalue weighted by Crippen LogP contribution is 2.18. The molecule has 0 saturated carbocycles. The van der Waals surface area contributed by atoms with E-state index in [0.717, 1.165) is 4.90 Å². The van der Waals surface area contributed by atoms with Gasteiger partial charge in [-0.05, 0) is 33.1 Å². The van der Waals surface area contributed by atoms with Crippen molar-refractivity contribution in [2.24, 2.45) is 5.41 Å². The van der Waals surface area contributed by atoms with Gasteiger partial charge in [0.15, 0.2) is 0 Å². The Hall–Kier alpha value is -2.12. The van der Waals surface area contributed by atoms with Crippen molar-refractivity contribution in [2.45, 2.75) is 39.2 Å². The van der Waals surface area contributed by atoms with Crippen LogP contribution in [0.2, 0.25) is 0 Å². The summed E-state index contributed by atoms with van der Waals surface area (Å²) in [6.45, 7) is 2.84. The lowest BCUT2D eigenvalue weighted by molar-refractivity contribution is -0.156. The van der Waals surface area contributed by atoms with E-state index in [4.69, 9.17) is 10.2 Å². The molecule has 0 aromatic carbocycles. The molecule has 3 N–H and O–H groups in total. The molecule has 1 saturated heterocycles. The van der Waals surface area contributed by atoms with Crippen molar-refractivity contribution in [3.63, 3.8) is 0 Å². The summed E-state index contributed by atoms with van der Waals surface area (Å²) in [7, 11) is 0. The molecule has 1 aliphatic rings. The average molecular weight is 300 g/mol. The molecule has 8 heteroatoms. The third-order valence-corrected chi connectivity index (χ3v) is 3.51. The molecule has 1 atom stereocenters. The van der Waals surface area contributed by atoms with Crippen molar-refractivity contribution < 1.29 is 29.4 Å². The van der Waals surface area contributed by atoms with Crippen LogP contribution in [0, 0.1) is 5.41 Å². The lowest BCUT2D eigenvalue weighted by Crippen LogP contribution is -2.54. The van der Waals surface area contributed by atoms with E-state index in [-0.39, 0.29) is 13.1 Å². The first-order valence-corrected chi connectivity index (χ1v) is 6.72. The first kappa shape index (κ1) is 16.9. The van der Waals surface area contributed by atoms with Gasteiger partial charge in [0.1, 0.15) is 6.04 Å². The SMILES string of the molecule is CC(C)(CNC(=O)C(=O)N1CCCC[C@H]1C(=O)O)C(=O)O. The molecule has 1 aliphatic heterocycles. The topological polar surface area (TPSA) is 124 Å². The third kappa shape index (κ3) is 4.17. The zero-order valence-corrected chi connectivity index (χ0v) is 12.1. The summed E-state index contributed by atoms with van der Waals surface area (Å²) in [6.07, 6.45) is 1.65.